The zero-order chi connectivity index (χ0) is 14.4. The average Bonchev–Trinajstić information content (AvgIpc) is 2.51. The first-order valence-corrected chi connectivity index (χ1v) is 6.38. The van der Waals surface area contributed by atoms with Crippen LogP contribution in [-0.4, -0.2) is 25.4 Å². The van der Waals surface area contributed by atoms with Crippen LogP contribution in [0.2, 0.25) is 0 Å². The van der Waals surface area contributed by atoms with E-state index in [2.05, 4.69) is 0 Å². The van der Waals surface area contributed by atoms with Gasteiger partial charge in [-0.25, -0.2) is 4.39 Å². The molecule has 0 radical (unpaired) electrons. The molecule has 0 bridgehead atoms. The third kappa shape index (κ3) is 2.25. The van der Waals surface area contributed by atoms with Gasteiger partial charge in [-0.2, -0.15) is 0 Å². The normalized spacial score (nSPS) is 20.7. The Balaban J connectivity index is 2.43. The highest BCUT2D eigenvalue weighted by Gasteiger charge is 2.52. The third-order valence-corrected chi connectivity index (χ3v) is 4.08. The van der Waals surface area contributed by atoms with Crippen LogP contribution in [0.4, 0.5) is 4.39 Å². The Morgan fingerprint density at radius 2 is 1.63 bits per heavy atom. The van der Waals surface area contributed by atoms with Crippen LogP contribution in [0.15, 0.2) is 12.1 Å². The fraction of sp³-hybridized carbons (Fsp3) is 0.571. The topological polar surface area (TPSA) is 27.7 Å². The molecule has 0 N–H and O–H groups in total. The van der Waals surface area contributed by atoms with Crippen LogP contribution in [-0.2, 0) is 9.31 Å². The second-order valence-corrected chi connectivity index (χ2v) is 5.88. The van der Waals surface area contributed by atoms with Crippen molar-refractivity contribution in [1.29, 1.82) is 0 Å². The van der Waals surface area contributed by atoms with Gasteiger partial charge in [0.1, 0.15) is 11.6 Å². The van der Waals surface area contributed by atoms with Gasteiger partial charge in [0.2, 0.25) is 0 Å². The summed E-state index contributed by atoms with van der Waals surface area (Å²) in [6, 6.07) is 3.07. The van der Waals surface area contributed by atoms with Crippen LogP contribution in [0.1, 0.15) is 33.3 Å². The molecule has 0 aliphatic carbocycles. The van der Waals surface area contributed by atoms with Crippen LogP contribution in [0.3, 0.4) is 0 Å². The molecule has 1 aliphatic rings. The van der Waals surface area contributed by atoms with E-state index in [9.17, 15) is 4.39 Å². The Morgan fingerprint density at radius 1 is 1.11 bits per heavy atom. The minimum Gasteiger partial charge on any atom is -0.497 e. The zero-order valence-electron chi connectivity index (χ0n) is 12.3. The van der Waals surface area contributed by atoms with Crippen molar-refractivity contribution in [2.45, 2.75) is 45.8 Å². The lowest BCUT2D eigenvalue weighted by Crippen LogP contribution is -2.41. The molecular formula is C14H20BFO3. The summed E-state index contributed by atoms with van der Waals surface area (Å²) in [6.45, 7) is 9.61. The van der Waals surface area contributed by atoms with Crippen LogP contribution < -0.4 is 10.2 Å². The molecule has 1 heterocycles. The molecule has 19 heavy (non-hydrogen) atoms. The summed E-state index contributed by atoms with van der Waals surface area (Å²) in [5, 5.41) is 0. The number of methoxy groups -OCH3 is 1. The van der Waals surface area contributed by atoms with E-state index in [1.165, 1.54) is 13.2 Å². The molecule has 0 atom stereocenters. The fourth-order valence-corrected chi connectivity index (χ4v) is 2.12. The summed E-state index contributed by atoms with van der Waals surface area (Å²) < 4.78 is 30.8. The van der Waals surface area contributed by atoms with Gasteiger partial charge < -0.3 is 14.0 Å². The lowest BCUT2D eigenvalue weighted by Gasteiger charge is -2.32. The molecule has 3 nitrogen and oxygen atoms in total. The summed E-state index contributed by atoms with van der Waals surface area (Å²) in [5.74, 6) is 0.190. The highest BCUT2D eigenvalue weighted by molar-refractivity contribution is 6.63. The maximum atomic E-state index is 13.6. The summed E-state index contributed by atoms with van der Waals surface area (Å²) in [6.07, 6.45) is 0. The Bertz CT molecular complexity index is 484. The van der Waals surface area contributed by atoms with Crippen LogP contribution >= 0.6 is 0 Å². The Morgan fingerprint density at radius 3 is 2.11 bits per heavy atom. The van der Waals surface area contributed by atoms with Crippen molar-refractivity contribution in [1.82, 2.24) is 0 Å². The van der Waals surface area contributed by atoms with Crippen molar-refractivity contribution < 1.29 is 18.4 Å². The second kappa shape index (κ2) is 4.49. The van der Waals surface area contributed by atoms with Crippen molar-refractivity contribution in [3.8, 4) is 5.75 Å². The van der Waals surface area contributed by atoms with E-state index >= 15 is 0 Å². The van der Waals surface area contributed by atoms with Crippen LogP contribution in [0.25, 0.3) is 0 Å². The van der Waals surface area contributed by atoms with Gasteiger partial charge in [0.25, 0.3) is 0 Å². The second-order valence-electron chi connectivity index (χ2n) is 5.88. The van der Waals surface area contributed by atoms with E-state index in [1.54, 1.807) is 13.0 Å². The molecule has 104 valence electrons. The maximum absolute atomic E-state index is 13.6. The van der Waals surface area contributed by atoms with Gasteiger partial charge in [0, 0.05) is 11.0 Å². The average molecular weight is 266 g/mol. The van der Waals surface area contributed by atoms with Gasteiger partial charge in [0.05, 0.1) is 18.3 Å². The van der Waals surface area contributed by atoms with Crippen molar-refractivity contribution in [3.63, 3.8) is 0 Å². The first-order chi connectivity index (χ1) is 8.69. The molecule has 1 aromatic carbocycles. The van der Waals surface area contributed by atoms with E-state index < -0.39 is 18.3 Å². The minimum absolute atomic E-state index is 0.294. The quantitative estimate of drug-likeness (QED) is 0.769. The molecule has 5 heteroatoms. The van der Waals surface area contributed by atoms with Gasteiger partial charge >= 0.3 is 7.12 Å². The number of rotatable bonds is 2. The molecule has 1 aliphatic heterocycles. The lowest BCUT2D eigenvalue weighted by atomic mass is 9.77. The van der Waals surface area contributed by atoms with Crippen molar-refractivity contribution >= 4 is 12.6 Å². The highest BCUT2D eigenvalue weighted by atomic mass is 19.1. The first-order valence-electron chi connectivity index (χ1n) is 6.38. The number of ether oxygens (including phenoxy) is 1. The van der Waals surface area contributed by atoms with Gasteiger partial charge in [-0.1, -0.05) is 6.07 Å². The Kier molecular flexibility index (Phi) is 3.39. The van der Waals surface area contributed by atoms with Crippen molar-refractivity contribution in [2.75, 3.05) is 7.11 Å². The monoisotopic (exact) mass is 266 g/mol. The number of hydrogen-bond donors (Lipinski definition) is 0. The molecule has 1 aromatic rings. The van der Waals surface area contributed by atoms with Gasteiger partial charge in [-0.05, 0) is 40.7 Å². The number of hydrogen-bond acceptors (Lipinski definition) is 3. The SMILES string of the molecule is COc1c(B2OC(C)(C)C(C)(C)O2)ccc(F)c1C. The van der Waals surface area contributed by atoms with Crippen molar-refractivity contribution in [2.24, 2.45) is 0 Å². The lowest BCUT2D eigenvalue weighted by molar-refractivity contribution is 0.00578. The van der Waals surface area contributed by atoms with Gasteiger partial charge in [-0.15, -0.1) is 0 Å². The van der Waals surface area contributed by atoms with E-state index in [-0.39, 0.29) is 5.82 Å². The summed E-state index contributed by atoms with van der Waals surface area (Å²) in [5.41, 5.74) is 0.338. The third-order valence-electron chi connectivity index (χ3n) is 4.08. The summed E-state index contributed by atoms with van der Waals surface area (Å²) >= 11 is 0. The molecule has 0 unspecified atom stereocenters. The van der Waals surface area contributed by atoms with E-state index in [1.807, 2.05) is 27.7 Å². The van der Waals surface area contributed by atoms with E-state index in [0.717, 1.165) is 5.46 Å². The molecule has 1 saturated heterocycles. The molecular weight excluding hydrogens is 246 g/mol. The predicted molar refractivity (Wildman–Crippen MR) is 73.4 cm³/mol. The molecule has 0 amide bonds. The number of halogens is 1. The van der Waals surface area contributed by atoms with Crippen molar-refractivity contribution in [3.05, 3.63) is 23.5 Å². The summed E-state index contributed by atoms with van der Waals surface area (Å²) in [7, 11) is 0.982. The van der Waals surface area contributed by atoms with Gasteiger partial charge in [0.15, 0.2) is 0 Å². The maximum Gasteiger partial charge on any atom is 0.498 e. The Hall–Kier alpha value is -1.07. The van der Waals surface area contributed by atoms with Crippen LogP contribution in [0.5, 0.6) is 5.75 Å². The Labute approximate surface area is 114 Å². The number of benzene rings is 1. The zero-order valence-corrected chi connectivity index (χ0v) is 12.3. The molecule has 0 saturated carbocycles. The fourth-order valence-electron chi connectivity index (χ4n) is 2.12. The van der Waals surface area contributed by atoms with Gasteiger partial charge in [-0.3, -0.25) is 0 Å². The molecule has 0 spiro atoms. The van der Waals surface area contributed by atoms with Crippen LogP contribution in [0, 0.1) is 12.7 Å². The summed E-state index contributed by atoms with van der Waals surface area (Å²) in [4.78, 5) is 0. The molecule has 1 fully saturated rings. The smallest absolute Gasteiger partial charge is 0.497 e. The largest absolute Gasteiger partial charge is 0.498 e. The standard InChI is InChI=1S/C14H20BFO3/c1-9-11(16)8-7-10(12(9)17-6)15-18-13(2,3)14(4,5)19-15/h7-8H,1-6H3. The molecule has 0 aromatic heterocycles. The van der Waals surface area contributed by atoms with E-state index in [0.29, 0.717) is 11.3 Å². The predicted octanol–water partition coefficient (Wildman–Crippen LogP) is 2.44. The first kappa shape index (κ1) is 14.3. The highest BCUT2D eigenvalue weighted by Crippen LogP contribution is 2.37. The molecule has 2 rings (SSSR count). The minimum atomic E-state index is -0.542. The van der Waals surface area contributed by atoms with E-state index in [4.69, 9.17) is 14.0 Å².